The zero-order valence-corrected chi connectivity index (χ0v) is 12.1. The second-order valence-corrected chi connectivity index (χ2v) is 5.88. The summed E-state index contributed by atoms with van der Waals surface area (Å²) in [6, 6.07) is 0.575. The van der Waals surface area contributed by atoms with Gasteiger partial charge in [0.2, 0.25) is 0 Å². The van der Waals surface area contributed by atoms with Crippen LogP contribution in [0.15, 0.2) is 0 Å². The topological polar surface area (TPSA) is 27.1 Å². The molecule has 100 valence electrons. The summed E-state index contributed by atoms with van der Waals surface area (Å²) in [5, 5.41) is 8.50. The Hall–Kier alpha value is -0.530. The summed E-state index contributed by atoms with van der Waals surface area (Å²) in [5.41, 5.74) is 0. The molecule has 0 bridgehead atoms. The lowest BCUT2D eigenvalue weighted by Crippen LogP contribution is -2.44. The lowest BCUT2D eigenvalue weighted by Gasteiger charge is -2.36. The fourth-order valence-corrected chi connectivity index (χ4v) is 3.00. The summed E-state index contributed by atoms with van der Waals surface area (Å²) in [6.07, 6.45) is 7.47. The Kier molecular flexibility index (Phi) is 6.01. The quantitative estimate of drug-likeness (QED) is 0.542. The number of hydrogen-bond acceptors (Lipinski definition) is 1. The smallest absolute Gasteiger partial charge is 0.0992 e. The van der Waals surface area contributed by atoms with Crippen molar-refractivity contribution in [3.8, 4) is 0 Å². The van der Waals surface area contributed by atoms with E-state index in [0.717, 1.165) is 12.4 Å². The lowest BCUT2D eigenvalue weighted by atomic mass is 10.0. The number of hydrogen-bond donors (Lipinski definition) is 1. The minimum Gasteiger partial charge on any atom is -0.357 e. The molecule has 0 atom stereocenters. The minimum atomic E-state index is 0.550. The van der Waals surface area contributed by atoms with Gasteiger partial charge >= 0.3 is 0 Å². The van der Waals surface area contributed by atoms with E-state index in [4.69, 9.17) is 5.41 Å². The molecule has 2 heteroatoms. The van der Waals surface area contributed by atoms with E-state index in [1.54, 1.807) is 0 Å². The van der Waals surface area contributed by atoms with Gasteiger partial charge in [0.15, 0.2) is 0 Å². The molecule has 1 rings (SSSR count). The maximum Gasteiger partial charge on any atom is 0.0992 e. The standard InChI is InChI=1S/C15H30N2/c1-5-14(6-2)17(11-12(3)4)15(16)13-9-7-8-10-13/h12-14,16H,5-11H2,1-4H3. The molecule has 2 nitrogen and oxygen atoms in total. The molecule has 0 saturated heterocycles. The highest BCUT2D eigenvalue weighted by Crippen LogP contribution is 2.28. The van der Waals surface area contributed by atoms with Crippen molar-refractivity contribution in [3.63, 3.8) is 0 Å². The summed E-state index contributed by atoms with van der Waals surface area (Å²) in [6.45, 7) is 10.1. The molecule has 1 aliphatic rings. The Morgan fingerprint density at radius 3 is 2.12 bits per heavy atom. The van der Waals surface area contributed by atoms with Crippen LogP contribution in [0.4, 0.5) is 0 Å². The van der Waals surface area contributed by atoms with Gasteiger partial charge in [-0.05, 0) is 31.6 Å². The molecule has 1 N–H and O–H groups in total. The Labute approximate surface area is 107 Å². The summed E-state index contributed by atoms with van der Waals surface area (Å²) >= 11 is 0. The van der Waals surface area contributed by atoms with Gasteiger partial charge in [-0.15, -0.1) is 0 Å². The number of nitrogens with one attached hydrogen (secondary N) is 1. The average molecular weight is 238 g/mol. The Morgan fingerprint density at radius 2 is 1.71 bits per heavy atom. The van der Waals surface area contributed by atoms with Crippen LogP contribution >= 0.6 is 0 Å². The molecule has 17 heavy (non-hydrogen) atoms. The van der Waals surface area contributed by atoms with E-state index in [2.05, 4.69) is 32.6 Å². The van der Waals surface area contributed by atoms with Crippen molar-refractivity contribution >= 4 is 5.84 Å². The van der Waals surface area contributed by atoms with Gasteiger partial charge in [0, 0.05) is 18.5 Å². The maximum atomic E-state index is 8.50. The van der Waals surface area contributed by atoms with Crippen molar-refractivity contribution < 1.29 is 0 Å². The Bertz CT molecular complexity index is 225. The van der Waals surface area contributed by atoms with Crippen molar-refractivity contribution in [1.29, 1.82) is 5.41 Å². The zero-order chi connectivity index (χ0) is 12.8. The molecule has 1 aliphatic carbocycles. The van der Waals surface area contributed by atoms with Crippen LogP contribution in [-0.2, 0) is 0 Å². The third-order valence-electron chi connectivity index (χ3n) is 4.00. The SMILES string of the molecule is CCC(CC)N(CC(C)C)C(=N)C1CCCC1. The van der Waals surface area contributed by atoms with Gasteiger partial charge in [-0.3, -0.25) is 5.41 Å². The van der Waals surface area contributed by atoms with Crippen LogP contribution in [0.5, 0.6) is 0 Å². The van der Waals surface area contributed by atoms with E-state index in [1.807, 2.05) is 0 Å². The fraction of sp³-hybridized carbons (Fsp3) is 0.933. The average Bonchev–Trinajstić information content (AvgIpc) is 2.81. The summed E-state index contributed by atoms with van der Waals surface area (Å²) < 4.78 is 0. The Balaban J connectivity index is 2.69. The van der Waals surface area contributed by atoms with Gasteiger partial charge in [-0.25, -0.2) is 0 Å². The van der Waals surface area contributed by atoms with Crippen molar-refractivity contribution in [2.24, 2.45) is 11.8 Å². The molecular weight excluding hydrogens is 208 g/mol. The van der Waals surface area contributed by atoms with Gasteiger partial charge in [0.1, 0.15) is 0 Å². The van der Waals surface area contributed by atoms with Crippen LogP contribution in [0.3, 0.4) is 0 Å². The number of amidine groups is 1. The summed E-state index contributed by atoms with van der Waals surface area (Å²) in [7, 11) is 0. The molecule has 0 radical (unpaired) electrons. The zero-order valence-electron chi connectivity index (χ0n) is 12.1. The molecule has 1 fully saturated rings. The molecule has 0 aromatic heterocycles. The van der Waals surface area contributed by atoms with Crippen molar-refractivity contribution in [2.75, 3.05) is 6.54 Å². The van der Waals surface area contributed by atoms with Gasteiger partial charge in [0.25, 0.3) is 0 Å². The van der Waals surface area contributed by atoms with Crippen LogP contribution in [0, 0.1) is 17.2 Å². The maximum absolute atomic E-state index is 8.50. The van der Waals surface area contributed by atoms with E-state index in [1.165, 1.54) is 38.5 Å². The molecule has 0 aliphatic heterocycles. The monoisotopic (exact) mass is 238 g/mol. The van der Waals surface area contributed by atoms with Crippen LogP contribution in [-0.4, -0.2) is 23.3 Å². The number of nitrogens with zero attached hydrogens (tertiary/aromatic N) is 1. The highest BCUT2D eigenvalue weighted by Gasteiger charge is 2.27. The summed E-state index contributed by atoms with van der Waals surface area (Å²) in [5.74, 6) is 2.14. The van der Waals surface area contributed by atoms with E-state index >= 15 is 0 Å². The first-order valence-electron chi connectivity index (χ1n) is 7.45. The first kappa shape index (κ1) is 14.5. The van der Waals surface area contributed by atoms with Gasteiger partial charge in [-0.1, -0.05) is 40.5 Å². The van der Waals surface area contributed by atoms with Crippen LogP contribution < -0.4 is 0 Å². The molecule has 0 heterocycles. The first-order valence-corrected chi connectivity index (χ1v) is 7.45. The molecule has 0 amide bonds. The molecule has 1 saturated carbocycles. The lowest BCUT2D eigenvalue weighted by molar-refractivity contribution is 0.252. The van der Waals surface area contributed by atoms with E-state index in [9.17, 15) is 0 Å². The predicted molar refractivity (Wildman–Crippen MR) is 75.6 cm³/mol. The van der Waals surface area contributed by atoms with E-state index in [-0.39, 0.29) is 0 Å². The third kappa shape index (κ3) is 4.01. The van der Waals surface area contributed by atoms with E-state index in [0.29, 0.717) is 17.9 Å². The van der Waals surface area contributed by atoms with Gasteiger partial charge < -0.3 is 4.90 Å². The second-order valence-electron chi connectivity index (χ2n) is 5.88. The normalized spacial score (nSPS) is 17.1. The van der Waals surface area contributed by atoms with Crippen LogP contribution in [0.1, 0.15) is 66.2 Å². The first-order chi connectivity index (χ1) is 8.10. The highest BCUT2D eigenvalue weighted by atomic mass is 15.2. The summed E-state index contributed by atoms with van der Waals surface area (Å²) in [4.78, 5) is 2.40. The fourth-order valence-electron chi connectivity index (χ4n) is 3.00. The number of rotatable bonds is 6. The van der Waals surface area contributed by atoms with Crippen molar-refractivity contribution in [2.45, 2.75) is 72.3 Å². The Morgan fingerprint density at radius 1 is 1.18 bits per heavy atom. The third-order valence-corrected chi connectivity index (χ3v) is 4.00. The minimum absolute atomic E-state index is 0.550. The molecule has 0 unspecified atom stereocenters. The van der Waals surface area contributed by atoms with Crippen LogP contribution in [0.25, 0.3) is 0 Å². The van der Waals surface area contributed by atoms with Gasteiger partial charge in [-0.2, -0.15) is 0 Å². The van der Waals surface area contributed by atoms with Crippen molar-refractivity contribution in [1.82, 2.24) is 4.90 Å². The van der Waals surface area contributed by atoms with Crippen molar-refractivity contribution in [3.05, 3.63) is 0 Å². The predicted octanol–water partition coefficient (Wildman–Crippen LogP) is 4.30. The van der Waals surface area contributed by atoms with Gasteiger partial charge in [0.05, 0.1) is 5.84 Å². The van der Waals surface area contributed by atoms with Crippen LogP contribution in [0.2, 0.25) is 0 Å². The molecular formula is C15H30N2. The second kappa shape index (κ2) is 7.03. The molecule has 0 spiro atoms. The largest absolute Gasteiger partial charge is 0.357 e. The molecule has 0 aromatic carbocycles. The highest BCUT2D eigenvalue weighted by molar-refractivity contribution is 5.82. The van der Waals surface area contributed by atoms with E-state index < -0.39 is 0 Å². The molecule has 0 aromatic rings.